The van der Waals surface area contributed by atoms with Crippen LogP contribution in [0.5, 0.6) is 5.75 Å². The van der Waals surface area contributed by atoms with E-state index in [1.54, 1.807) is 37.3 Å². The van der Waals surface area contributed by atoms with Crippen molar-refractivity contribution in [3.05, 3.63) is 48.1 Å². The molecule has 0 aromatic heterocycles. The van der Waals surface area contributed by atoms with E-state index < -0.39 is 0 Å². The molecule has 10 nitrogen and oxygen atoms in total. The molecule has 1 aliphatic carbocycles. The third-order valence-corrected chi connectivity index (χ3v) is 7.58. The van der Waals surface area contributed by atoms with Crippen molar-refractivity contribution in [3.63, 3.8) is 0 Å². The van der Waals surface area contributed by atoms with E-state index in [1.165, 1.54) is 6.20 Å². The maximum Gasteiger partial charge on any atom is 0.251 e. The van der Waals surface area contributed by atoms with Crippen LogP contribution in [-0.2, 0) is 4.79 Å². The highest BCUT2D eigenvalue weighted by Gasteiger charge is 2.37. The second kappa shape index (κ2) is 14.0. The largest absolute Gasteiger partial charge is 0.495 e. The number of amidine groups is 1. The second-order valence-corrected chi connectivity index (χ2v) is 10.3. The number of anilines is 1. The number of rotatable bonds is 11. The van der Waals surface area contributed by atoms with Gasteiger partial charge in [-0.3, -0.25) is 9.59 Å². The van der Waals surface area contributed by atoms with Crippen LogP contribution in [0.1, 0.15) is 69.2 Å². The number of amides is 2. The predicted molar refractivity (Wildman–Crippen MR) is 156 cm³/mol. The predicted octanol–water partition coefficient (Wildman–Crippen LogP) is 3.39. The fourth-order valence-electron chi connectivity index (χ4n) is 5.34. The number of nitrogens with zero attached hydrogens (tertiary/aromatic N) is 3. The number of carbonyl (C=O) groups is 2. The van der Waals surface area contributed by atoms with Crippen LogP contribution in [0.15, 0.2) is 47.5 Å². The summed E-state index contributed by atoms with van der Waals surface area (Å²) < 4.78 is 5.60. The first-order valence-corrected chi connectivity index (χ1v) is 13.9. The Bertz CT molecular complexity index is 1090. The fraction of sp³-hybridized carbons (Fsp3) is 0.552. The number of aliphatic imine (C=N–C) groups is 1. The van der Waals surface area contributed by atoms with Gasteiger partial charge in [-0.15, -0.1) is 0 Å². The number of hydrogen-bond acceptors (Lipinski definition) is 7. The first-order valence-electron chi connectivity index (χ1n) is 13.9. The Morgan fingerprint density at radius 1 is 1.33 bits per heavy atom. The van der Waals surface area contributed by atoms with Gasteiger partial charge in [-0.05, 0) is 64.4 Å². The van der Waals surface area contributed by atoms with Crippen LogP contribution in [0.2, 0.25) is 0 Å². The highest BCUT2D eigenvalue weighted by molar-refractivity contribution is 6.03. The molecule has 2 unspecified atom stereocenters. The molecule has 0 bridgehead atoms. The van der Waals surface area contributed by atoms with Crippen LogP contribution in [0.4, 0.5) is 5.69 Å². The van der Waals surface area contributed by atoms with E-state index in [0.717, 1.165) is 45.1 Å². The van der Waals surface area contributed by atoms with Gasteiger partial charge in [0, 0.05) is 43.4 Å². The van der Waals surface area contributed by atoms with Gasteiger partial charge >= 0.3 is 0 Å². The van der Waals surface area contributed by atoms with Crippen molar-refractivity contribution in [2.45, 2.75) is 76.9 Å². The lowest BCUT2D eigenvalue weighted by Crippen LogP contribution is -2.45. The van der Waals surface area contributed by atoms with E-state index >= 15 is 0 Å². The first-order chi connectivity index (χ1) is 18.7. The first kappa shape index (κ1) is 30.0. The van der Waals surface area contributed by atoms with Gasteiger partial charge < -0.3 is 36.2 Å². The molecular weight excluding hydrogens is 494 g/mol. The van der Waals surface area contributed by atoms with E-state index in [2.05, 4.69) is 41.3 Å². The van der Waals surface area contributed by atoms with Crippen molar-refractivity contribution in [1.29, 1.82) is 0 Å². The molecule has 10 heteroatoms. The summed E-state index contributed by atoms with van der Waals surface area (Å²) in [4.78, 5) is 34.4. The quantitative estimate of drug-likeness (QED) is 0.340. The van der Waals surface area contributed by atoms with Crippen molar-refractivity contribution in [3.8, 4) is 5.75 Å². The molecule has 39 heavy (non-hydrogen) atoms. The number of carbonyl (C=O) groups excluding carboxylic acids is 2. The second-order valence-electron chi connectivity index (χ2n) is 10.3. The zero-order valence-electron chi connectivity index (χ0n) is 24.0. The van der Waals surface area contributed by atoms with Crippen molar-refractivity contribution in [2.24, 2.45) is 10.7 Å². The highest BCUT2D eigenvalue weighted by atomic mass is 16.5. The lowest BCUT2D eigenvalue weighted by molar-refractivity contribution is -0.128. The number of likely N-dealkylation sites (N-methyl/N-ethyl adjacent to an activating group) is 1. The molecule has 0 radical (unpaired) electrons. The van der Waals surface area contributed by atoms with Crippen LogP contribution >= 0.6 is 0 Å². The number of nitrogens with two attached hydrogens (primary N) is 1. The third kappa shape index (κ3) is 7.32. The minimum atomic E-state index is -0.146. The molecule has 1 aliphatic heterocycles. The van der Waals surface area contributed by atoms with Crippen molar-refractivity contribution in [2.75, 3.05) is 33.1 Å². The molecule has 1 saturated heterocycles. The Morgan fingerprint density at radius 2 is 2.05 bits per heavy atom. The number of methoxy groups -OCH3 is 1. The van der Waals surface area contributed by atoms with Crippen LogP contribution in [0.25, 0.3) is 0 Å². The van der Waals surface area contributed by atoms with Crippen molar-refractivity contribution < 1.29 is 14.3 Å². The summed E-state index contributed by atoms with van der Waals surface area (Å²) in [6.45, 7) is 9.10. The lowest BCUT2D eigenvalue weighted by Gasteiger charge is -2.36. The maximum atomic E-state index is 12.9. The van der Waals surface area contributed by atoms with Gasteiger partial charge in [0.25, 0.3) is 5.91 Å². The summed E-state index contributed by atoms with van der Waals surface area (Å²) in [7, 11) is 5.19. The molecule has 1 heterocycles. The van der Waals surface area contributed by atoms with Crippen LogP contribution in [0.3, 0.4) is 0 Å². The Balaban J connectivity index is 1.86. The summed E-state index contributed by atoms with van der Waals surface area (Å²) in [6, 6.07) is 5.59. The van der Waals surface area contributed by atoms with Crippen molar-refractivity contribution >= 4 is 23.3 Å². The van der Waals surface area contributed by atoms with Gasteiger partial charge in [0.1, 0.15) is 17.3 Å². The maximum absolute atomic E-state index is 12.9. The van der Waals surface area contributed by atoms with E-state index in [-0.39, 0.29) is 29.9 Å². The van der Waals surface area contributed by atoms with E-state index in [4.69, 9.17) is 15.5 Å². The number of hydrogen-bond donors (Lipinski definition) is 4. The molecule has 2 aliphatic rings. The lowest BCUT2D eigenvalue weighted by atomic mass is 10.1. The molecule has 3 rings (SSSR count). The Hall–Kier alpha value is -3.53. The molecule has 214 valence electrons. The van der Waals surface area contributed by atoms with Crippen LogP contribution in [0, 0.1) is 0 Å². The average molecular weight is 540 g/mol. The Morgan fingerprint density at radius 3 is 2.67 bits per heavy atom. The molecule has 2 atom stereocenters. The minimum Gasteiger partial charge on any atom is -0.495 e. The molecule has 0 spiro atoms. The van der Waals surface area contributed by atoms with Gasteiger partial charge in [-0.25, -0.2) is 4.99 Å². The molecule has 2 amide bonds. The van der Waals surface area contributed by atoms with Gasteiger partial charge in [-0.2, -0.15) is 0 Å². The number of benzene rings is 1. The summed E-state index contributed by atoms with van der Waals surface area (Å²) in [5.41, 5.74) is 7.73. The third-order valence-electron chi connectivity index (χ3n) is 7.58. The fourth-order valence-corrected chi connectivity index (χ4v) is 5.34. The van der Waals surface area contributed by atoms with Gasteiger partial charge in [0.05, 0.1) is 12.8 Å². The van der Waals surface area contributed by atoms with E-state index in [1.807, 2.05) is 7.05 Å². The summed E-state index contributed by atoms with van der Waals surface area (Å²) in [6.07, 6.45) is 7.92. The average Bonchev–Trinajstić information content (AvgIpc) is 3.43. The molecule has 5 N–H and O–H groups in total. The van der Waals surface area contributed by atoms with E-state index in [9.17, 15) is 9.59 Å². The Labute approximate surface area is 232 Å². The number of ether oxygens (including phenoxy) is 1. The molecule has 1 aromatic carbocycles. The Kier molecular flexibility index (Phi) is 10.8. The van der Waals surface area contributed by atoms with Gasteiger partial charge in [0.2, 0.25) is 5.91 Å². The monoisotopic (exact) mass is 539 g/mol. The topological polar surface area (TPSA) is 124 Å². The normalized spacial score (nSPS) is 21.3. The smallest absolute Gasteiger partial charge is 0.251 e. The van der Waals surface area contributed by atoms with Crippen LogP contribution in [-0.4, -0.2) is 73.3 Å². The standard InChI is InChI=1S/C29H45N7O3/c1-7-22(14-15-31-4)34-29(38)21-12-13-24(26(17-21)39-6)32-20(3)33-28-25(18-30)35(5)27(37)16-19(2)36(28)23-10-8-9-11-23/h12-13,17-19,22-23,31-32H,3,7-11,14-16,30H2,1-2,4-6H3,(H,34,38)/b25-18+,33-28+. The summed E-state index contributed by atoms with van der Waals surface area (Å²) >= 11 is 0. The SMILES string of the molecule is C=C(/N=C1\C(=C/N)N(C)C(=O)CC(C)N1C1CCCC1)Nc1ccc(C(=O)NC(CC)CCNC)cc1OC. The highest BCUT2D eigenvalue weighted by Crippen LogP contribution is 2.32. The molecular formula is C29H45N7O3. The van der Waals surface area contributed by atoms with Crippen molar-refractivity contribution in [1.82, 2.24) is 20.4 Å². The zero-order valence-corrected chi connectivity index (χ0v) is 24.0. The summed E-state index contributed by atoms with van der Waals surface area (Å²) in [5, 5.41) is 9.44. The van der Waals surface area contributed by atoms with Gasteiger partial charge in [0.15, 0.2) is 5.84 Å². The molecule has 1 aromatic rings. The summed E-state index contributed by atoms with van der Waals surface area (Å²) in [5.74, 6) is 1.35. The molecule has 2 fully saturated rings. The zero-order chi connectivity index (χ0) is 28.5. The van der Waals surface area contributed by atoms with Crippen LogP contribution < -0.4 is 26.4 Å². The van der Waals surface area contributed by atoms with Gasteiger partial charge in [-0.1, -0.05) is 26.3 Å². The van der Waals surface area contributed by atoms with E-state index in [0.29, 0.717) is 40.8 Å². The molecule has 1 saturated carbocycles. The number of nitrogens with one attached hydrogen (secondary N) is 3. The minimum absolute atomic E-state index is 0.00206.